The van der Waals surface area contributed by atoms with E-state index in [1.54, 1.807) is 0 Å². The minimum Gasteiger partial charge on any atom is -0.481 e. The molecule has 1 aromatic carbocycles. The zero-order chi connectivity index (χ0) is 18.9. The van der Waals surface area contributed by atoms with Crippen molar-refractivity contribution in [2.24, 2.45) is 5.92 Å². The molecule has 2 unspecified atom stereocenters. The van der Waals surface area contributed by atoms with E-state index in [-0.39, 0.29) is 6.04 Å². The van der Waals surface area contributed by atoms with Crippen LogP contribution < -0.4 is 0 Å². The Labute approximate surface area is 161 Å². The molecule has 1 fully saturated rings. The molecule has 1 N–H and O–H groups in total. The molecular formula is C18H17BrF3NO2S. The Kier molecular flexibility index (Phi) is 5.74. The Balaban J connectivity index is 1.95. The van der Waals surface area contributed by atoms with E-state index in [9.17, 15) is 23.1 Å². The Hall–Kier alpha value is -1.38. The van der Waals surface area contributed by atoms with E-state index >= 15 is 0 Å². The Morgan fingerprint density at radius 1 is 1.23 bits per heavy atom. The normalized spacial score (nSPS) is 20.1. The summed E-state index contributed by atoms with van der Waals surface area (Å²) >= 11 is 4.94. The molecule has 1 saturated heterocycles. The number of benzene rings is 1. The summed E-state index contributed by atoms with van der Waals surface area (Å²) in [5.41, 5.74) is 0.0489. The van der Waals surface area contributed by atoms with Gasteiger partial charge in [0.25, 0.3) is 0 Å². The number of rotatable bonds is 4. The fraction of sp³-hybridized carbons (Fsp3) is 0.389. The second kappa shape index (κ2) is 7.70. The summed E-state index contributed by atoms with van der Waals surface area (Å²) in [7, 11) is 0. The lowest BCUT2D eigenvalue weighted by molar-refractivity contribution is -0.144. The largest absolute Gasteiger partial charge is 0.481 e. The topological polar surface area (TPSA) is 40.5 Å². The Bertz CT molecular complexity index is 775. The molecule has 0 spiro atoms. The Morgan fingerprint density at radius 3 is 2.46 bits per heavy atom. The van der Waals surface area contributed by atoms with Crippen LogP contribution in [0.25, 0.3) is 0 Å². The summed E-state index contributed by atoms with van der Waals surface area (Å²) in [5.74, 6) is -1.28. The average molecular weight is 448 g/mol. The van der Waals surface area contributed by atoms with Crippen molar-refractivity contribution in [3.8, 4) is 0 Å². The molecule has 0 radical (unpaired) electrons. The maximum Gasteiger partial charge on any atom is 0.416 e. The molecule has 0 amide bonds. The number of carboxylic acids is 1. The van der Waals surface area contributed by atoms with Crippen molar-refractivity contribution in [2.45, 2.75) is 25.1 Å². The Morgan fingerprint density at radius 2 is 1.92 bits per heavy atom. The van der Waals surface area contributed by atoms with E-state index in [0.717, 1.165) is 32.8 Å². The molecule has 1 aliphatic heterocycles. The van der Waals surface area contributed by atoms with Gasteiger partial charge in [-0.1, -0.05) is 12.1 Å². The maximum atomic E-state index is 12.9. The van der Waals surface area contributed by atoms with Gasteiger partial charge in [-0.2, -0.15) is 13.2 Å². The summed E-state index contributed by atoms with van der Waals surface area (Å²) in [6, 6.07) is 8.73. The smallest absolute Gasteiger partial charge is 0.416 e. The minimum atomic E-state index is -4.38. The monoisotopic (exact) mass is 447 g/mol. The van der Waals surface area contributed by atoms with Gasteiger partial charge >= 0.3 is 12.1 Å². The highest BCUT2D eigenvalue weighted by Gasteiger charge is 2.33. The molecule has 3 nitrogen and oxygen atoms in total. The molecule has 140 valence electrons. The maximum absolute atomic E-state index is 12.9. The van der Waals surface area contributed by atoms with Crippen LogP contribution in [0, 0.1) is 5.92 Å². The quantitative estimate of drug-likeness (QED) is 0.680. The minimum absolute atomic E-state index is 0.254. The van der Waals surface area contributed by atoms with Crippen LogP contribution in [0.5, 0.6) is 0 Å². The molecule has 2 atom stereocenters. The summed E-state index contributed by atoms with van der Waals surface area (Å²) < 4.78 is 39.5. The molecule has 2 aromatic rings. The van der Waals surface area contributed by atoms with Crippen LogP contribution in [-0.2, 0) is 11.0 Å². The lowest BCUT2D eigenvalue weighted by atomic mass is 9.94. The number of carbonyl (C=O) groups is 1. The van der Waals surface area contributed by atoms with Crippen molar-refractivity contribution >= 4 is 33.2 Å². The number of aliphatic carboxylic acids is 1. The van der Waals surface area contributed by atoms with Crippen LogP contribution in [0.4, 0.5) is 13.2 Å². The molecule has 0 saturated carbocycles. The fourth-order valence-electron chi connectivity index (χ4n) is 3.33. The highest BCUT2D eigenvalue weighted by Crippen LogP contribution is 2.38. The first-order valence-electron chi connectivity index (χ1n) is 8.15. The first kappa shape index (κ1) is 19.4. The molecule has 1 aliphatic rings. The van der Waals surface area contributed by atoms with E-state index in [1.165, 1.54) is 23.5 Å². The van der Waals surface area contributed by atoms with E-state index in [1.807, 2.05) is 12.1 Å². The highest BCUT2D eigenvalue weighted by molar-refractivity contribution is 9.11. The standard InChI is InChI=1S/C18H17BrF3NO2S/c19-15-8-7-14(26-15)16(23-9-1-2-12(10-23)17(24)25)11-3-5-13(6-4-11)18(20,21)22/h3-8,12,16H,1-2,9-10H2,(H,24,25). The second-order valence-corrected chi connectivity index (χ2v) is 8.83. The van der Waals surface area contributed by atoms with Crippen molar-refractivity contribution in [1.82, 2.24) is 4.90 Å². The van der Waals surface area contributed by atoms with Gasteiger partial charge in [-0.25, -0.2) is 0 Å². The molecule has 3 rings (SSSR count). The number of piperidine rings is 1. The predicted molar refractivity (Wildman–Crippen MR) is 97.2 cm³/mol. The van der Waals surface area contributed by atoms with E-state index in [4.69, 9.17) is 0 Å². The van der Waals surface area contributed by atoms with Gasteiger partial charge in [-0.3, -0.25) is 9.69 Å². The van der Waals surface area contributed by atoms with Gasteiger partial charge < -0.3 is 5.11 Å². The van der Waals surface area contributed by atoms with Gasteiger partial charge in [-0.05, 0) is 65.1 Å². The third-order valence-electron chi connectivity index (χ3n) is 4.58. The molecule has 1 aromatic heterocycles. The van der Waals surface area contributed by atoms with Gasteiger partial charge in [0.2, 0.25) is 0 Å². The van der Waals surface area contributed by atoms with E-state index < -0.39 is 23.6 Å². The molecule has 2 heterocycles. The average Bonchev–Trinajstić information content (AvgIpc) is 3.01. The van der Waals surface area contributed by atoms with Crippen molar-refractivity contribution in [2.75, 3.05) is 13.1 Å². The first-order valence-corrected chi connectivity index (χ1v) is 9.76. The zero-order valence-corrected chi connectivity index (χ0v) is 16.1. The van der Waals surface area contributed by atoms with Crippen molar-refractivity contribution in [3.05, 3.63) is 56.2 Å². The lowest BCUT2D eigenvalue weighted by Gasteiger charge is -2.37. The zero-order valence-electron chi connectivity index (χ0n) is 13.7. The number of hydrogen-bond acceptors (Lipinski definition) is 3. The summed E-state index contributed by atoms with van der Waals surface area (Å²) in [6.07, 6.45) is -3.00. The van der Waals surface area contributed by atoms with E-state index in [2.05, 4.69) is 20.8 Å². The van der Waals surface area contributed by atoms with Gasteiger partial charge in [-0.15, -0.1) is 11.3 Å². The predicted octanol–water partition coefficient (Wildman–Crippen LogP) is 5.42. The van der Waals surface area contributed by atoms with Gasteiger partial charge in [0, 0.05) is 11.4 Å². The molecular weight excluding hydrogens is 431 g/mol. The summed E-state index contributed by atoms with van der Waals surface area (Å²) in [4.78, 5) is 14.4. The highest BCUT2D eigenvalue weighted by atomic mass is 79.9. The number of likely N-dealkylation sites (tertiary alicyclic amines) is 1. The number of carboxylic acid groups (broad SMARTS) is 1. The number of thiophene rings is 1. The number of alkyl halides is 3. The van der Waals surface area contributed by atoms with Gasteiger partial charge in [0.1, 0.15) is 0 Å². The molecule has 8 heteroatoms. The summed E-state index contributed by atoms with van der Waals surface area (Å²) in [6.45, 7) is 1.10. The number of hydrogen-bond donors (Lipinski definition) is 1. The van der Waals surface area contributed by atoms with Crippen molar-refractivity contribution in [3.63, 3.8) is 0 Å². The second-order valence-electron chi connectivity index (χ2n) is 6.34. The SMILES string of the molecule is O=C(O)C1CCCN(C(c2ccc(C(F)(F)F)cc2)c2ccc(Br)s2)C1. The van der Waals surface area contributed by atoms with Crippen LogP contribution in [0.15, 0.2) is 40.2 Å². The molecule has 26 heavy (non-hydrogen) atoms. The van der Waals surface area contributed by atoms with Crippen molar-refractivity contribution < 1.29 is 23.1 Å². The third kappa shape index (κ3) is 4.29. The van der Waals surface area contributed by atoms with Crippen LogP contribution in [0.2, 0.25) is 0 Å². The summed E-state index contributed by atoms with van der Waals surface area (Å²) in [5, 5.41) is 9.35. The molecule has 0 aliphatic carbocycles. The van der Waals surface area contributed by atoms with Crippen LogP contribution >= 0.6 is 27.3 Å². The van der Waals surface area contributed by atoms with Gasteiger partial charge in [0.15, 0.2) is 0 Å². The third-order valence-corrected chi connectivity index (χ3v) is 6.26. The lowest BCUT2D eigenvalue weighted by Crippen LogP contribution is -2.41. The van der Waals surface area contributed by atoms with E-state index in [0.29, 0.717) is 19.5 Å². The van der Waals surface area contributed by atoms with Crippen molar-refractivity contribution in [1.29, 1.82) is 0 Å². The number of nitrogens with zero attached hydrogens (tertiary/aromatic N) is 1. The first-order chi connectivity index (χ1) is 12.3. The van der Waals surface area contributed by atoms with Crippen LogP contribution in [0.1, 0.15) is 34.9 Å². The van der Waals surface area contributed by atoms with Gasteiger partial charge in [0.05, 0.1) is 21.3 Å². The van der Waals surface area contributed by atoms with Crippen LogP contribution in [-0.4, -0.2) is 29.1 Å². The molecule has 0 bridgehead atoms. The van der Waals surface area contributed by atoms with Crippen LogP contribution in [0.3, 0.4) is 0 Å². The number of halogens is 4. The fourth-order valence-corrected chi connectivity index (χ4v) is 4.91.